The molecule has 0 aromatic carbocycles. The minimum atomic E-state index is 0.481. The van der Waals surface area contributed by atoms with Crippen LogP contribution in [0.3, 0.4) is 0 Å². The number of hydrogen-bond donors (Lipinski definition) is 1. The summed E-state index contributed by atoms with van der Waals surface area (Å²) in [6, 6.07) is 9.08. The van der Waals surface area contributed by atoms with Gasteiger partial charge in [0.15, 0.2) is 0 Å². The summed E-state index contributed by atoms with van der Waals surface area (Å²) in [5, 5.41) is 2.14. The third kappa shape index (κ3) is 2.83. The molecule has 0 aliphatic heterocycles. The molecule has 0 atom stereocenters. The number of hydrogen-bond acceptors (Lipinski definition) is 4. The Bertz CT molecular complexity index is 488. The largest absolute Gasteiger partial charge is 0.463 e. The third-order valence-electron chi connectivity index (χ3n) is 3.28. The van der Waals surface area contributed by atoms with Gasteiger partial charge in [-0.25, -0.2) is 0 Å². The van der Waals surface area contributed by atoms with Gasteiger partial charge in [0.05, 0.1) is 13.1 Å². The minimum absolute atomic E-state index is 0.481. The van der Waals surface area contributed by atoms with Gasteiger partial charge in [0.25, 0.3) is 0 Å². The average Bonchev–Trinajstić information content (AvgIpc) is 2.92. The Morgan fingerprint density at radius 3 is 2.67 bits per heavy atom. The summed E-state index contributed by atoms with van der Waals surface area (Å²) in [7, 11) is 0. The fourth-order valence-electron chi connectivity index (χ4n) is 2.17. The van der Waals surface area contributed by atoms with Crippen molar-refractivity contribution in [3.8, 4) is 0 Å². The van der Waals surface area contributed by atoms with Gasteiger partial charge in [-0.2, -0.15) is 0 Å². The molecule has 0 amide bonds. The van der Waals surface area contributed by atoms with Crippen LogP contribution < -0.4 is 5.73 Å². The highest BCUT2D eigenvalue weighted by Crippen LogP contribution is 2.30. The topological polar surface area (TPSA) is 42.4 Å². The van der Waals surface area contributed by atoms with Crippen molar-refractivity contribution in [1.29, 1.82) is 0 Å². The van der Waals surface area contributed by atoms with Crippen molar-refractivity contribution in [2.75, 3.05) is 0 Å². The molecule has 0 spiro atoms. The van der Waals surface area contributed by atoms with E-state index in [1.54, 1.807) is 0 Å². The number of nitrogens with two attached hydrogens (primary N) is 1. The lowest BCUT2D eigenvalue weighted by atomic mass is 10.3. The second-order valence-electron chi connectivity index (χ2n) is 4.79. The standard InChI is InChI=1S/C14H18N2OS/c15-8-12-5-6-13(17-12)9-16(11-3-4-11)10-14-2-1-7-18-14/h1-2,5-7,11H,3-4,8-10,15H2. The molecule has 2 heterocycles. The zero-order valence-electron chi connectivity index (χ0n) is 10.3. The van der Waals surface area contributed by atoms with Gasteiger partial charge in [-0.3, -0.25) is 4.90 Å². The molecule has 2 aromatic rings. The SMILES string of the molecule is NCc1ccc(CN(Cc2cccs2)C2CC2)o1. The maximum absolute atomic E-state index is 5.70. The van der Waals surface area contributed by atoms with Crippen LogP contribution in [0, 0.1) is 0 Å². The normalized spacial score (nSPS) is 15.4. The van der Waals surface area contributed by atoms with E-state index in [2.05, 4.69) is 22.4 Å². The van der Waals surface area contributed by atoms with Gasteiger partial charge in [-0.1, -0.05) is 6.07 Å². The fourth-order valence-corrected chi connectivity index (χ4v) is 2.90. The molecule has 2 aromatic heterocycles. The molecule has 1 saturated carbocycles. The molecule has 3 nitrogen and oxygen atoms in total. The number of thiophene rings is 1. The predicted octanol–water partition coefficient (Wildman–Crippen LogP) is 2.96. The maximum Gasteiger partial charge on any atom is 0.118 e. The monoisotopic (exact) mass is 262 g/mol. The van der Waals surface area contributed by atoms with Crippen molar-refractivity contribution in [2.24, 2.45) is 5.73 Å². The molecule has 2 N–H and O–H groups in total. The van der Waals surface area contributed by atoms with E-state index in [-0.39, 0.29) is 0 Å². The van der Waals surface area contributed by atoms with E-state index in [9.17, 15) is 0 Å². The molecular weight excluding hydrogens is 244 g/mol. The van der Waals surface area contributed by atoms with Crippen molar-refractivity contribution in [2.45, 2.75) is 38.5 Å². The molecular formula is C14H18N2OS. The number of rotatable bonds is 6. The van der Waals surface area contributed by atoms with E-state index in [0.717, 1.165) is 30.7 Å². The molecule has 3 rings (SSSR count). The highest BCUT2D eigenvalue weighted by atomic mass is 32.1. The van der Waals surface area contributed by atoms with Crippen LogP contribution in [-0.2, 0) is 19.6 Å². The molecule has 0 bridgehead atoms. The summed E-state index contributed by atoms with van der Waals surface area (Å²) in [5.74, 6) is 1.90. The van der Waals surface area contributed by atoms with Crippen LogP contribution in [0.1, 0.15) is 29.2 Å². The van der Waals surface area contributed by atoms with E-state index in [1.165, 1.54) is 17.7 Å². The number of nitrogens with zero attached hydrogens (tertiary/aromatic N) is 1. The van der Waals surface area contributed by atoms with E-state index in [0.29, 0.717) is 6.54 Å². The molecule has 0 saturated heterocycles. The Balaban J connectivity index is 1.66. The molecule has 1 fully saturated rings. The summed E-state index contributed by atoms with van der Waals surface area (Å²) in [6.07, 6.45) is 2.63. The van der Waals surface area contributed by atoms with Crippen LogP contribution in [0.15, 0.2) is 34.1 Å². The van der Waals surface area contributed by atoms with Gasteiger partial charge in [-0.15, -0.1) is 11.3 Å². The van der Waals surface area contributed by atoms with Gasteiger partial charge in [0, 0.05) is 17.5 Å². The van der Waals surface area contributed by atoms with E-state index < -0.39 is 0 Å². The van der Waals surface area contributed by atoms with Crippen LogP contribution in [0.2, 0.25) is 0 Å². The van der Waals surface area contributed by atoms with Gasteiger partial charge in [0.1, 0.15) is 11.5 Å². The fraction of sp³-hybridized carbons (Fsp3) is 0.429. The molecule has 1 aliphatic rings. The number of furan rings is 1. The molecule has 0 radical (unpaired) electrons. The van der Waals surface area contributed by atoms with Crippen LogP contribution in [-0.4, -0.2) is 10.9 Å². The Hall–Kier alpha value is -1.10. The first kappa shape index (κ1) is 12.0. The van der Waals surface area contributed by atoms with Gasteiger partial charge >= 0.3 is 0 Å². The molecule has 18 heavy (non-hydrogen) atoms. The van der Waals surface area contributed by atoms with E-state index in [1.807, 2.05) is 23.5 Å². The van der Waals surface area contributed by atoms with Crippen molar-refractivity contribution >= 4 is 11.3 Å². The first-order chi connectivity index (χ1) is 8.85. The van der Waals surface area contributed by atoms with E-state index >= 15 is 0 Å². The van der Waals surface area contributed by atoms with E-state index in [4.69, 9.17) is 10.2 Å². The Kier molecular flexibility index (Phi) is 3.50. The summed E-state index contributed by atoms with van der Waals surface area (Å²) >= 11 is 1.82. The summed E-state index contributed by atoms with van der Waals surface area (Å²) in [5.41, 5.74) is 5.57. The third-order valence-corrected chi connectivity index (χ3v) is 4.14. The Labute approximate surface area is 111 Å². The van der Waals surface area contributed by atoms with Crippen molar-refractivity contribution < 1.29 is 4.42 Å². The lowest BCUT2D eigenvalue weighted by molar-refractivity contribution is 0.225. The minimum Gasteiger partial charge on any atom is -0.463 e. The van der Waals surface area contributed by atoms with Crippen LogP contribution in [0.25, 0.3) is 0 Å². The molecule has 0 unspecified atom stereocenters. The first-order valence-electron chi connectivity index (χ1n) is 6.39. The zero-order valence-corrected chi connectivity index (χ0v) is 11.2. The highest BCUT2D eigenvalue weighted by Gasteiger charge is 2.29. The quantitative estimate of drug-likeness (QED) is 0.870. The van der Waals surface area contributed by atoms with Crippen molar-refractivity contribution in [1.82, 2.24) is 4.90 Å². The van der Waals surface area contributed by atoms with Crippen molar-refractivity contribution in [3.05, 3.63) is 46.0 Å². The summed E-state index contributed by atoms with van der Waals surface area (Å²) < 4.78 is 5.70. The highest BCUT2D eigenvalue weighted by molar-refractivity contribution is 7.09. The smallest absolute Gasteiger partial charge is 0.118 e. The molecule has 4 heteroatoms. The van der Waals surface area contributed by atoms with Gasteiger partial charge in [0.2, 0.25) is 0 Å². The first-order valence-corrected chi connectivity index (χ1v) is 7.27. The lowest BCUT2D eigenvalue weighted by Crippen LogP contribution is -2.24. The van der Waals surface area contributed by atoms with Gasteiger partial charge in [-0.05, 0) is 36.4 Å². The Morgan fingerprint density at radius 2 is 2.06 bits per heavy atom. The second kappa shape index (κ2) is 5.26. The van der Waals surface area contributed by atoms with Crippen molar-refractivity contribution in [3.63, 3.8) is 0 Å². The molecule has 96 valence electrons. The van der Waals surface area contributed by atoms with Crippen LogP contribution in [0.4, 0.5) is 0 Å². The van der Waals surface area contributed by atoms with Crippen LogP contribution >= 0.6 is 11.3 Å². The summed E-state index contributed by atoms with van der Waals surface area (Å²) in [6.45, 7) is 2.40. The molecule has 1 aliphatic carbocycles. The predicted molar refractivity (Wildman–Crippen MR) is 73.2 cm³/mol. The average molecular weight is 262 g/mol. The maximum atomic E-state index is 5.70. The Morgan fingerprint density at radius 1 is 1.22 bits per heavy atom. The van der Waals surface area contributed by atoms with Crippen LogP contribution in [0.5, 0.6) is 0 Å². The second-order valence-corrected chi connectivity index (χ2v) is 5.82. The lowest BCUT2D eigenvalue weighted by Gasteiger charge is -2.19. The zero-order chi connectivity index (χ0) is 12.4. The summed E-state index contributed by atoms with van der Waals surface area (Å²) in [4.78, 5) is 3.93. The van der Waals surface area contributed by atoms with Gasteiger partial charge < -0.3 is 10.2 Å².